The highest BCUT2D eigenvalue weighted by Gasteiger charge is 2.56. The first kappa shape index (κ1) is 21.9. The minimum atomic E-state index is -0.155. The summed E-state index contributed by atoms with van der Waals surface area (Å²) in [5.41, 5.74) is 0.963. The lowest BCUT2D eigenvalue weighted by Crippen LogP contribution is -2.54. The zero-order valence-electron chi connectivity index (χ0n) is 19.2. The van der Waals surface area contributed by atoms with Crippen molar-refractivity contribution in [1.29, 1.82) is 0 Å². The van der Waals surface area contributed by atoms with Gasteiger partial charge in [0, 0.05) is 30.0 Å². The molecule has 1 aromatic carbocycles. The number of para-hydroxylation sites is 1. The van der Waals surface area contributed by atoms with Crippen LogP contribution in [0.3, 0.4) is 0 Å². The van der Waals surface area contributed by atoms with E-state index in [1.165, 1.54) is 55.9 Å². The Kier molecular flexibility index (Phi) is 5.45. The predicted octanol–water partition coefficient (Wildman–Crippen LogP) is 6.30. The van der Waals surface area contributed by atoms with Crippen LogP contribution in [0.1, 0.15) is 52.4 Å². The molecule has 0 N–H and O–H groups in total. The molecule has 4 saturated carbocycles. The fourth-order valence-corrected chi connectivity index (χ4v) is 9.29. The van der Waals surface area contributed by atoms with Gasteiger partial charge in [0.15, 0.2) is 0 Å². The summed E-state index contributed by atoms with van der Waals surface area (Å²) in [6, 6.07) is 8.41. The van der Waals surface area contributed by atoms with Gasteiger partial charge >= 0.3 is 0 Å². The molecule has 1 atom stereocenters. The largest absolute Gasteiger partial charge is 0.291 e. The van der Waals surface area contributed by atoms with Gasteiger partial charge in [-0.1, -0.05) is 49.8 Å². The van der Waals surface area contributed by atoms with Crippen molar-refractivity contribution >= 4 is 52.1 Å². The minimum absolute atomic E-state index is 0.114. The molecule has 0 unspecified atom stereocenters. The van der Waals surface area contributed by atoms with Gasteiger partial charge < -0.3 is 0 Å². The van der Waals surface area contributed by atoms with Crippen molar-refractivity contribution in [3.8, 4) is 0 Å². The van der Waals surface area contributed by atoms with Gasteiger partial charge in [-0.25, -0.2) is 0 Å². The summed E-state index contributed by atoms with van der Waals surface area (Å²) < 4.78 is 0. The number of halogens is 1. The standard InChI is InChI=1S/C26H34ClN3S2/c1-25(2)22(29-7-9-32-10-8-29)23(30(24(25)31)21-6-4-3-5-20(21)27)28-26-14-17-11-18(15-26)13-19(12-17)16-26/h3-6,17-19,22H,7-16H2,1-2H3/t17?,18?,19?,22-,26?/m1/s1. The molecule has 0 aromatic heterocycles. The smallest absolute Gasteiger partial charge is 0.128 e. The molecule has 2 aliphatic heterocycles. The summed E-state index contributed by atoms with van der Waals surface area (Å²) in [6.07, 6.45) is 8.14. The van der Waals surface area contributed by atoms with E-state index in [1.807, 2.05) is 12.1 Å². The molecule has 2 saturated heterocycles. The van der Waals surface area contributed by atoms with Gasteiger partial charge in [-0.3, -0.25) is 14.8 Å². The normalized spacial score (nSPS) is 39.9. The van der Waals surface area contributed by atoms with E-state index in [1.54, 1.807) is 0 Å². The molecule has 6 aliphatic rings. The topological polar surface area (TPSA) is 18.8 Å². The Hall–Kier alpha value is -0.620. The first-order valence-corrected chi connectivity index (χ1v) is 14.3. The van der Waals surface area contributed by atoms with Gasteiger partial charge in [0.25, 0.3) is 0 Å². The van der Waals surface area contributed by atoms with Crippen molar-refractivity contribution in [3.05, 3.63) is 29.3 Å². The van der Waals surface area contributed by atoms with E-state index >= 15 is 0 Å². The van der Waals surface area contributed by atoms with Crippen molar-refractivity contribution in [3.63, 3.8) is 0 Å². The lowest BCUT2D eigenvalue weighted by Gasteiger charge is -2.55. The monoisotopic (exact) mass is 487 g/mol. The average molecular weight is 488 g/mol. The fraction of sp³-hybridized carbons (Fsp3) is 0.692. The lowest BCUT2D eigenvalue weighted by atomic mass is 9.53. The van der Waals surface area contributed by atoms with Gasteiger partial charge in [0.05, 0.1) is 27.3 Å². The van der Waals surface area contributed by atoms with Crippen molar-refractivity contribution in [2.75, 3.05) is 29.5 Å². The molecular formula is C26H34ClN3S2. The molecule has 4 bridgehead atoms. The Morgan fingerprint density at radius 3 is 2.19 bits per heavy atom. The predicted molar refractivity (Wildman–Crippen MR) is 141 cm³/mol. The number of thiocarbonyl (C=S) groups is 1. The van der Waals surface area contributed by atoms with E-state index in [-0.39, 0.29) is 17.0 Å². The molecular weight excluding hydrogens is 454 g/mol. The summed E-state index contributed by atoms with van der Waals surface area (Å²) in [5.74, 6) is 6.20. The highest BCUT2D eigenvalue weighted by atomic mass is 35.5. The van der Waals surface area contributed by atoms with Gasteiger partial charge in [-0.15, -0.1) is 0 Å². The van der Waals surface area contributed by atoms with Crippen LogP contribution in [0.25, 0.3) is 0 Å². The Balaban J connectivity index is 1.49. The number of nitrogens with zero attached hydrogens (tertiary/aromatic N) is 3. The summed E-state index contributed by atoms with van der Waals surface area (Å²) in [5, 5.41) is 0.763. The quantitative estimate of drug-likeness (QED) is 0.465. The molecule has 6 heteroatoms. The van der Waals surface area contributed by atoms with E-state index in [0.29, 0.717) is 0 Å². The Morgan fingerprint density at radius 2 is 1.59 bits per heavy atom. The summed E-state index contributed by atoms with van der Waals surface area (Å²) >= 11 is 15.0. The van der Waals surface area contributed by atoms with Crippen LogP contribution in [0.15, 0.2) is 29.3 Å². The van der Waals surface area contributed by atoms with E-state index in [4.69, 9.17) is 28.8 Å². The van der Waals surface area contributed by atoms with Gasteiger partial charge in [0.2, 0.25) is 0 Å². The highest BCUT2D eigenvalue weighted by molar-refractivity contribution is 7.99. The van der Waals surface area contributed by atoms with Gasteiger partial charge in [-0.05, 0) is 68.4 Å². The van der Waals surface area contributed by atoms with Crippen molar-refractivity contribution < 1.29 is 0 Å². The van der Waals surface area contributed by atoms with Gasteiger partial charge in [-0.2, -0.15) is 11.8 Å². The molecule has 2 heterocycles. The SMILES string of the molecule is CC1(C)C(=S)N(c2ccccc2Cl)C(=NC23CC4CC(CC(C4)C2)C3)[C@H]1N1CCSCC1. The van der Waals surface area contributed by atoms with Crippen LogP contribution in [0, 0.1) is 23.2 Å². The van der Waals surface area contributed by atoms with Crippen molar-refractivity contribution in [2.24, 2.45) is 28.2 Å². The van der Waals surface area contributed by atoms with E-state index in [0.717, 1.165) is 46.5 Å². The maximum Gasteiger partial charge on any atom is 0.128 e. The first-order chi connectivity index (χ1) is 15.4. The van der Waals surface area contributed by atoms with Crippen LogP contribution in [0.2, 0.25) is 5.02 Å². The zero-order chi connectivity index (χ0) is 22.1. The Bertz CT molecular complexity index is 917. The molecule has 1 aromatic rings. The minimum Gasteiger partial charge on any atom is -0.291 e. The third-order valence-electron chi connectivity index (χ3n) is 8.77. The molecule has 0 spiro atoms. The molecule has 3 nitrogen and oxygen atoms in total. The van der Waals surface area contributed by atoms with E-state index in [9.17, 15) is 0 Å². The number of hydrogen-bond donors (Lipinski definition) is 0. The van der Waals surface area contributed by atoms with Crippen LogP contribution < -0.4 is 4.90 Å². The molecule has 32 heavy (non-hydrogen) atoms. The summed E-state index contributed by atoms with van der Waals surface area (Å²) in [4.78, 5) is 11.7. The summed E-state index contributed by atoms with van der Waals surface area (Å²) in [7, 11) is 0. The maximum atomic E-state index is 6.76. The Labute approximate surface area is 207 Å². The van der Waals surface area contributed by atoms with Crippen molar-refractivity contribution in [1.82, 2.24) is 4.90 Å². The second-order valence-electron chi connectivity index (χ2n) is 11.5. The number of anilines is 1. The van der Waals surface area contributed by atoms with Crippen LogP contribution in [0.5, 0.6) is 0 Å². The number of benzene rings is 1. The number of amidine groups is 1. The molecule has 0 radical (unpaired) electrons. The number of aliphatic imine (C=N–C) groups is 1. The molecule has 6 fully saturated rings. The average Bonchev–Trinajstić information content (AvgIpc) is 2.93. The number of rotatable bonds is 3. The Morgan fingerprint density at radius 1 is 1.00 bits per heavy atom. The third-order valence-corrected chi connectivity index (χ3v) is 10.7. The van der Waals surface area contributed by atoms with Crippen LogP contribution in [0.4, 0.5) is 5.69 Å². The molecule has 0 amide bonds. The number of thioether (sulfide) groups is 1. The van der Waals surface area contributed by atoms with Crippen molar-refractivity contribution in [2.45, 2.75) is 64.0 Å². The van der Waals surface area contributed by atoms with E-state index in [2.05, 4.69) is 47.5 Å². The maximum absolute atomic E-state index is 6.76. The van der Waals surface area contributed by atoms with Gasteiger partial charge in [0.1, 0.15) is 5.84 Å². The van der Waals surface area contributed by atoms with Crippen LogP contribution in [-0.2, 0) is 0 Å². The highest BCUT2D eigenvalue weighted by Crippen LogP contribution is 2.58. The number of hydrogen-bond acceptors (Lipinski definition) is 4. The molecule has 172 valence electrons. The summed E-state index contributed by atoms with van der Waals surface area (Å²) in [6.45, 7) is 6.87. The molecule has 7 rings (SSSR count). The van der Waals surface area contributed by atoms with E-state index < -0.39 is 0 Å². The molecule has 4 aliphatic carbocycles. The first-order valence-electron chi connectivity index (χ1n) is 12.4. The zero-order valence-corrected chi connectivity index (χ0v) is 21.6. The van der Waals surface area contributed by atoms with Crippen LogP contribution in [-0.4, -0.2) is 51.9 Å². The lowest BCUT2D eigenvalue weighted by molar-refractivity contribution is 0.00121. The second kappa shape index (κ2) is 7.96. The second-order valence-corrected chi connectivity index (χ2v) is 13.5. The fourth-order valence-electron chi connectivity index (χ4n) is 7.83. The van der Waals surface area contributed by atoms with Crippen LogP contribution >= 0.6 is 35.6 Å². The third kappa shape index (κ3) is 3.49.